The van der Waals surface area contributed by atoms with Gasteiger partial charge in [0.1, 0.15) is 17.4 Å². The van der Waals surface area contributed by atoms with Gasteiger partial charge in [-0.3, -0.25) is 0 Å². The Morgan fingerprint density at radius 3 is 2.20 bits per heavy atom. The van der Waals surface area contributed by atoms with Crippen LogP contribution in [-0.4, -0.2) is 21.5 Å². The molecule has 1 N–H and O–H groups in total. The minimum atomic E-state index is -4.83. The number of halogens is 7. The van der Waals surface area contributed by atoms with Crippen molar-refractivity contribution in [3.05, 3.63) is 63.6 Å². The minimum absolute atomic E-state index is 0.0359. The second-order valence-corrected chi connectivity index (χ2v) is 10.1. The van der Waals surface area contributed by atoms with Crippen LogP contribution in [0, 0.1) is 11.6 Å². The smallest absolute Gasteiger partial charge is 0.428 e. The highest BCUT2D eigenvalue weighted by atomic mass is 79.9. The molecule has 0 saturated carbocycles. The van der Waals surface area contributed by atoms with Crippen LogP contribution in [0.4, 0.5) is 26.3 Å². The van der Waals surface area contributed by atoms with Gasteiger partial charge in [-0.05, 0) is 72.1 Å². The summed E-state index contributed by atoms with van der Waals surface area (Å²) in [6.45, 7) is 4.99. The highest BCUT2D eigenvalue weighted by Crippen LogP contribution is 2.33. The van der Waals surface area contributed by atoms with Gasteiger partial charge in [-0.15, -0.1) is 0 Å². The minimum Gasteiger partial charge on any atom is -0.428 e. The lowest BCUT2D eigenvalue weighted by atomic mass is 9.99. The van der Waals surface area contributed by atoms with Gasteiger partial charge in [-0.25, -0.2) is 17.7 Å². The van der Waals surface area contributed by atoms with E-state index in [0.29, 0.717) is 11.6 Å². The van der Waals surface area contributed by atoms with E-state index in [1.54, 1.807) is 20.8 Å². The lowest BCUT2D eigenvalue weighted by Crippen LogP contribution is -2.36. The van der Waals surface area contributed by atoms with Crippen molar-refractivity contribution >= 4 is 26.9 Å². The highest BCUT2D eigenvalue weighted by Gasteiger charge is 2.44. The summed E-state index contributed by atoms with van der Waals surface area (Å²) in [6.07, 6.45) is -8.96. The molecule has 0 aliphatic carbocycles. The first-order valence-electron chi connectivity index (χ1n) is 8.49. The number of rotatable bonds is 7. The fourth-order valence-corrected chi connectivity index (χ4v) is 3.55. The Labute approximate surface area is 180 Å². The maximum Gasteiger partial charge on any atom is 0.461 e. The molecule has 2 rings (SSSR count). The van der Waals surface area contributed by atoms with Gasteiger partial charge in [-0.1, -0.05) is 6.07 Å². The zero-order valence-corrected chi connectivity index (χ0v) is 18.4. The third kappa shape index (κ3) is 6.21. The normalized spacial score (nSPS) is 14.6. The molecule has 0 saturated heterocycles. The molecule has 2 unspecified atom stereocenters. The summed E-state index contributed by atoms with van der Waals surface area (Å²) in [5, 5.41) is 0. The molecule has 2 atom stereocenters. The molecule has 2 aromatic rings. The van der Waals surface area contributed by atoms with E-state index in [-0.39, 0.29) is 10.0 Å². The average Bonchev–Trinajstić information content (AvgIpc) is 2.60. The molecule has 0 heterocycles. The highest BCUT2D eigenvalue weighted by molar-refractivity contribution is 9.10. The number of hydrogen-bond donors (Lipinski definition) is 1. The summed E-state index contributed by atoms with van der Waals surface area (Å²) < 4.78 is 97.9. The van der Waals surface area contributed by atoms with E-state index in [1.165, 1.54) is 12.1 Å². The molecule has 0 spiro atoms. The van der Waals surface area contributed by atoms with Crippen molar-refractivity contribution in [1.82, 2.24) is 4.72 Å². The summed E-state index contributed by atoms with van der Waals surface area (Å²) in [5.74, 6) is -2.47. The summed E-state index contributed by atoms with van der Waals surface area (Å²) in [6, 6.07) is 5.12. The largest absolute Gasteiger partial charge is 0.461 e. The van der Waals surface area contributed by atoms with E-state index in [1.807, 2.05) is 0 Å². The predicted octanol–water partition coefficient (Wildman–Crippen LogP) is 6.11. The first-order chi connectivity index (χ1) is 13.7. The molecule has 30 heavy (non-hydrogen) atoms. The third-order valence-corrected chi connectivity index (χ3v) is 5.96. The number of alkyl halides is 4. The van der Waals surface area contributed by atoms with Crippen LogP contribution in [0.5, 0.6) is 5.75 Å². The summed E-state index contributed by atoms with van der Waals surface area (Å²) in [7, 11) is -1.71. The van der Waals surface area contributed by atoms with E-state index in [2.05, 4.69) is 25.4 Å². The van der Waals surface area contributed by atoms with E-state index < -0.39 is 51.7 Å². The van der Waals surface area contributed by atoms with Crippen LogP contribution in [-0.2, 0) is 11.0 Å². The molecular formula is C19H18BrF6NO2S. The number of benzene rings is 2. The first kappa shape index (κ1) is 24.7. The van der Waals surface area contributed by atoms with Gasteiger partial charge in [-0.2, -0.15) is 17.6 Å². The second kappa shape index (κ2) is 9.27. The average molecular weight is 518 g/mol. The molecule has 0 aliphatic heterocycles. The summed E-state index contributed by atoms with van der Waals surface area (Å²) >= 11 is 3.02. The SMILES string of the molecule is CC(C)(C)S(=O)NC(c1cc(F)cc(OC(F)(F)C(F)F)c1)c1ccc(F)c(Br)c1. The van der Waals surface area contributed by atoms with Gasteiger partial charge < -0.3 is 4.74 Å². The monoisotopic (exact) mass is 517 g/mol. The molecule has 0 aliphatic rings. The Morgan fingerprint density at radius 2 is 1.67 bits per heavy atom. The third-order valence-electron chi connectivity index (χ3n) is 3.79. The van der Waals surface area contributed by atoms with Gasteiger partial charge in [0.05, 0.1) is 26.2 Å². The predicted molar refractivity (Wildman–Crippen MR) is 105 cm³/mol. The molecule has 0 fully saturated rings. The molecule has 0 radical (unpaired) electrons. The van der Waals surface area contributed by atoms with Crippen molar-refractivity contribution in [2.75, 3.05) is 0 Å². The van der Waals surface area contributed by atoms with Crippen molar-refractivity contribution in [3.8, 4) is 5.75 Å². The van der Waals surface area contributed by atoms with Gasteiger partial charge in [0.2, 0.25) is 0 Å². The van der Waals surface area contributed by atoms with Crippen LogP contribution in [0.25, 0.3) is 0 Å². The van der Waals surface area contributed by atoms with Crippen molar-refractivity contribution < 1.29 is 35.3 Å². The van der Waals surface area contributed by atoms with Crippen molar-refractivity contribution in [2.24, 2.45) is 0 Å². The first-order valence-corrected chi connectivity index (χ1v) is 10.4. The van der Waals surface area contributed by atoms with Crippen molar-refractivity contribution in [2.45, 2.75) is 44.1 Å². The summed E-state index contributed by atoms with van der Waals surface area (Å²) in [4.78, 5) is 0. The van der Waals surface area contributed by atoms with Crippen molar-refractivity contribution in [3.63, 3.8) is 0 Å². The molecule has 166 valence electrons. The van der Waals surface area contributed by atoms with Crippen LogP contribution in [0.3, 0.4) is 0 Å². The lowest BCUT2D eigenvalue weighted by Gasteiger charge is -2.26. The molecule has 3 nitrogen and oxygen atoms in total. The molecule has 11 heteroatoms. The fraction of sp³-hybridized carbons (Fsp3) is 0.368. The zero-order valence-electron chi connectivity index (χ0n) is 16.0. The number of nitrogens with one attached hydrogen (secondary N) is 1. The summed E-state index contributed by atoms with van der Waals surface area (Å²) in [5.41, 5.74) is 0.282. The molecule has 0 bridgehead atoms. The second-order valence-electron chi connectivity index (χ2n) is 7.29. The van der Waals surface area contributed by atoms with Crippen LogP contribution < -0.4 is 9.46 Å². The van der Waals surface area contributed by atoms with E-state index in [9.17, 15) is 30.6 Å². The van der Waals surface area contributed by atoms with E-state index >= 15 is 0 Å². The topological polar surface area (TPSA) is 38.3 Å². The standard InChI is InChI=1S/C19H18BrF6NO2S/c1-18(2,3)30(28)27-16(10-4-5-15(22)14(20)8-10)11-6-12(21)9-13(7-11)29-19(25,26)17(23)24/h4-9,16-17,27H,1-3H3. The van der Waals surface area contributed by atoms with Crippen LogP contribution >= 0.6 is 15.9 Å². The molecular weight excluding hydrogens is 500 g/mol. The maximum absolute atomic E-state index is 14.1. The van der Waals surface area contributed by atoms with E-state index in [4.69, 9.17) is 0 Å². The van der Waals surface area contributed by atoms with Gasteiger partial charge in [0.15, 0.2) is 0 Å². The van der Waals surface area contributed by atoms with Crippen molar-refractivity contribution in [1.29, 1.82) is 0 Å². The van der Waals surface area contributed by atoms with Gasteiger partial charge >= 0.3 is 12.5 Å². The van der Waals surface area contributed by atoms with E-state index in [0.717, 1.165) is 18.2 Å². The Balaban J connectivity index is 2.54. The van der Waals surface area contributed by atoms with Crippen LogP contribution in [0.1, 0.15) is 37.9 Å². The number of hydrogen-bond acceptors (Lipinski definition) is 2. The molecule has 2 aromatic carbocycles. The Bertz CT molecular complexity index is 936. The fourth-order valence-electron chi connectivity index (χ4n) is 2.32. The zero-order chi connectivity index (χ0) is 22.9. The Kier molecular flexibility index (Phi) is 7.63. The molecule has 0 amide bonds. The Morgan fingerprint density at radius 1 is 1.03 bits per heavy atom. The quantitative estimate of drug-likeness (QED) is 0.450. The Hall–Kier alpha value is -1.59. The molecule has 0 aromatic heterocycles. The van der Waals surface area contributed by atoms with Crippen LogP contribution in [0.2, 0.25) is 0 Å². The number of ether oxygens (including phenoxy) is 1. The lowest BCUT2D eigenvalue weighted by molar-refractivity contribution is -0.253. The van der Waals surface area contributed by atoms with Gasteiger partial charge in [0.25, 0.3) is 0 Å². The maximum atomic E-state index is 14.1. The van der Waals surface area contributed by atoms with Gasteiger partial charge in [0, 0.05) is 6.07 Å². The van der Waals surface area contributed by atoms with Crippen LogP contribution in [0.15, 0.2) is 40.9 Å².